The van der Waals surface area contributed by atoms with Gasteiger partial charge in [0.1, 0.15) is 5.75 Å². The Balaban J connectivity index is 2.12. The highest BCUT2D eigenvalue weighted by molar-refractivity contribution is 5.92. The van der Waals surface area contributed by atoms with Gasteiger partial charge in [-0.2, -0.15) is 0 Å². The second-order valence-corrected chi connectivity index (χ2v) is 5.30. The number of amides is 2. The summed E-state index contributed by atoms with van der Waals surface area (Å²) in [7, 11) is 1.65. The smallest absolute Gasteiger partial charge is 0.324 e. The molecule has 114 valence electrons. The molecule has 1 unspecified atom stereocenters. The maximum absolute atomic E-state index is 12.6. The van der Waals surface area contributed by atoms with E-state index in [0.29, 0.717) is 12.2 Å². The maximum atomic E-state index is 12.6. The third-order valence-corrected chi connectivity index (χ3v) is 3.81. The lowest BCUT2D eigenvalue weighted by molar-refractivity contribution is -0.138. The number of carbonyl (C=O) groups is 2. The summed E-state index contributed by atoms with van der Waals surface area (Å²) in [6.07, 6.45) is 2.55. The van der Waals surface area contributed by atoms with Crippen molar-refractivity contribution in [2.24, 2.45) is 0 Å². The Labute approximate surface area is 123 Å². The van der Waals surface area contributed by atoms with E-state index in [0.717, 1.165) is 19.3 Å². The zero-order chi connectivity index (χ0) is 15.4. The summed E-state index contributed by atoms with van der Waals surface area (Å²) in [5.74, 6) is -0.742. The van der Waals surface area contributed by atoms with Crippen LogP contribution >= 0.6 is 0 Å². The summed E-state index contributed by atoms with van der Waals surface area (Å²) in [6.45, 7) is 0.583. The molecule has 1 atom stereocenters. The molecule has 1 fully saturated rings. The highest BCUT2D eigenvalue weighted by Crippen LogP contribution is 2.24. The summed E-state index contributed by atoms with van der Waals surface area (Å²) in [6, 6.07) is 5.90. The Bertz CT molecular complexity index is 515. The number of anilines is 1. The first-order valence-electron chi connectivity index (χ1n) is 7.04. The fourth-order valence-corrected chi connectivity index (χ4v) is 2.65. The monoisotopic (exact) mass is 292 g/mol. The Morgan fingerprint density at radius 3 is 2.57 bits per heavy atom. The average Bonchev–Trinajstić information content (AvgIpc) is 2.46. The van der Waals surface area contributed by atoms with Crippen LogP contribution in [0, 0.1) is 0 Å². The zero-order valence-corrected chi connectivity index (χ0v) is 12.0. The summed E-state index contributed by atoms with van der Waals surface area (Å²) in [4.78, 5) is 26.6. The number of phenolic OH excluding ortho intramolecular Hbond substituents is 1. The molecule has 1 aromatic rings. The van der Waals surface area contributed by atoms with Crippen LogP contribution in [-0.2, 0) is 4.79 Å². The van der Waals surface area contributed by atoms with Crippen LogP contribution in [0.4, 0.5) is 10.5 Å². The van der Waals surface area contributed by atoms with Gasteiger partial charge < -0.3 is 15.1 Å². The molecule has 1 saturated heterocycles. The predicted octanol–water partition coefficient (Wildman–Crippen LogP) is 2.28. The standard InChI is InChI=1S/C15H20N2O4/c1-16(11-5-7-13(18)8-6-11)15(21)17-9-3-2-4-12(17)10-14(19)20/h5-8,12,18H,2-4,9-10H2,1H3,(H,19,20). The topological polar surface area (TPSA) is 81.1 Å². The molecule has 21 heavy (non-hydrogen) atoms. The lowest BCUT2D eigenvalue weighted by atomic mass is 10.00. The molecule has 6 nitrogen and oxygen atoms in total. The van der Waals surface area contributed by atoms with E-state index in [1.54, 1.807) is 24.1 Å². The highest BCUT2D eigenvalue weighted by Gasteiger charge is 2.30. The van der Waals surface area contributed by atoms with E-state index < -0.39 is 5.97 Å². The van der Waals surface area contributed by atoms with E-state index in [4.69, 9.17) is 5.11 Å². The van der Waals surface area contributed by atoms with Crippen LogP contribution in [0.1, 0.15) is 25.7 Å². The molecule has 0 bridgehead atoms. The first kappa shape index (κ1) is 15.2. The molecule has 1 heterocycles. The highest BCUT2D eigenvalue weighted by atomic mass is 16.4. The van der Waals surface area contributed by atoms with E-state index in [9.17, 15) is 14.7 Å². The second kappa shape index (κ2) is 6.47. The lowest BCUT2D eigenvalue weighted by Crippen LogP contribution is -2.50. The number of benzene rings is 1. The SMILES string of the molecule is CN(C(=O)N1CCCCC1CC(=O)O)c1ccc(O)cc1. The normalized spacial score (nSPS) is 18.3. The van der Waals surface area contributed by atoms with Crippen molar-refractivity contribution in [3.05, 3.63) is 24.3 Å². The third-order valence-electron chi connectivity index (χ3n) is 3.81. The van der Waals surface area contributed by atoms with Crippen LogP contribution in [0.15, 0.2) is 24.3 Å². The minimum absolute atomic E-state index is 0.0187. The van der Waals surface area contributed by atoms with Gasteiger partial charge in [0.25, 0.3) is 0 Å². The minimum Gasteiger partial charge on any atom is -0.508 e. The van der Waals surface area contributed by atoms with Crippen LogP contribution in [-0.4, -0.2) is 46.7 Å². The van der Waals surface area contributed by atoms with Gasteiger partial charge in [0, 0.05) is 25.3 Å². The summed E-state index contributed by atoms with van der Waals surface area (Å²) in [5, 5.41) is 18.3. The number of likely N-dealkylation sites (tertiary alicyclic amines) is 1. The van der Waals surface area contributed by atoms with Gasteiger partial charge in [-0.3, -0.25) is 9.69 Å². The van der Waals surface area contributed by atoms with Gasteiger partial charge in [-0.25, -0.2) is 4.79 Å². The van der Waals surface area contributed by atoms with Gasteiger partial charge in [0.2, 0.25) is 0 Å². The van der Waals surface area contributed by atoms with Gasteiger partial charge in [-0.15, -0.1) is 0 Å². The summed E-state index contributed by atoms with van der Waals surface area (Å²) < 4.78 is 0. The van der Waals surface area contributed by atoms with E-state index in [2.05, 4.69) is 0 Å². The fraction of sp³-hybridized carbons (Fsp3) is 0.467. The second-order valence-electron chi connectivity index (χ2n) is 5.30. The third kappa shape index (κ3) is 3.65. The molecule has 0 aliphatic carbocycles. The molecule has 2 N–H and O–H groups in total. The molecule has 0 radical (unpaired) electrons. The molecule has 2 rings (SSSR count). The number of rotatable bonds is 3. The quantitative estimate of drug-likeness (QED) is 0.895. The van der Waals surface area contributed by atoms with E-state index in [1.165, 1.54) is 17.0 Å². The predicted molar refractivity (Wildman–Crippen MR) is 78.5 cm³/mol. The van der Waals surface area contributed by atoms with Crippen molar-refractivity contribution in [3.63, 3.8) is 0 Å². The number of carboxylic acid groups (broad SMARTS) is 1. The molecule has 2 amide bonds. The molecule has 0 aromatic heterocycles. The van der Waals surface area contributed by atoms with Crippen molar-refractivity contribution >= 4 is 17.7 Å². The number of nitrogens with zero attached hydrogens (tertiary/aromatic N) is 2. The maximum Gasteiger partial charge on any atom is 0.324 e. The van der Waals surface area contributed by atoms with E-state index in [1.807, 2.05) is 0 Å². The van der Waals surface area contributed by atoms with Crippen LogP contribution in [0.3, 0.4) is 0 Å². The number of carbonyl (C=O) groups excluding carboxylic acids is 1. The fourth-order valence-electron chi connectivity index (χ4n) is 2.65. The number of aromatic hydroxyl groups is 1. The van der Waals surface area contributed by atoms with Gasteiger partial charge in [-0.05, 0) is 43.5 Å². The molecule has 0 saturated carbocycles. The van der Waals surface area contributed by atoms with Crippen LogP contribution in [0.2, 0.25) is 0 Å². The van der Waals surface area contributed by atoms with Gasteiger partial charge >= 0.3 is 12.0 Å². The van der Waals surface area contributed by atoms with Gasteiger partial charge in [-0.1, -0.05) is 0 Å². The number of aliphatic carboxylic acids is 1. The van der Waals surface area contributed by atoms with Crippen LogP contribution < -0.4 is 4.90 Å². The van der Waals surface area contributed by atoms with Gasteiger partial charge in [0.15, 0.2) is 0 Å². The van der Waals surface area contributed by atoms with E-state index in [-0.39, 0.29) is 24.2 Å². The number of piperidine rings is 1. The Hall–Kier alpha value is -2.24. The Morgan fingerprint density at radius 2 is 1.95 bits per heavy atom. The largest absolute Gasteiger partial charge is 0.508 e. The van der Waals surface area contributed by atoms with Crippen molar-refractivity contribution in [2.75, 3.05) is 18.5 Å². The van der Waals surface area contributed by atoms with Crippen LogP contribution in [0.25, 0.3) is 0 Å². The summed E-state index contributed by atoms with van der Waals surface area (Å²) >= 11 is 0. The van der Waals surface area contributed by atoms with Crippen molar-refractivity contribution in [3.8, 4) is 5.75 Å². The molecule has 1 aliphatic rings. The van der Waals surface area contributed by atoms with Crippen molar-refractivity contribution in [1.29, 1.82) is 0 Å². The first-order chi connectivity index (χ1) is 9.99. The van der Waals surface area contributed by atoms with Crippen molar-refractivity contribution in [2.45, 2.75) is 31.7 Å². The van der Waals surface area contributed by atoms with E-state index >= 15 is 0 Å². The lowest BCUT2D eigenvalue weighted by Gasteiger charge is -2.37. The molecule has 1 aliphatic heterocycles. The molecule has 0 spiro atoms. The number of hydrogen-bond acceptors (Lipinski definition) is 3. The molecule has 6 heteroatoms. The number of hydrogen-bond donors (Lipinski definition) is 2. The molecule has 1 aromatic carbocycles. The van der Waals surface area contributed by atoms with Crippen LogP contribution in [0.5, 0.6) is 5.75 Å². The number of urea groups is 1. The average molecular weight is 292 g/mol. The minimum atomic E-state index is -0.882. The van der Waals surface area contributed by atoms with Gasteiger partial charge in [0.05, 0.1) is 6.42 Å². The number of phenols is 1. The number of carboxylic acids is 1. The summed E-state index contributed by atoms with van der Waals surface area (Å²) in [5.41, 5.74) is 0.664. The molecular weight excluding hydrogens is 272 g/mol. The van der Waals surface area contributed by atoms with Crippen molar-refractivity contribution < 1.29 is 19.8 Å². The Kier molecular flexibility index (Phi) is 4.67. The zero-order valence-electron chi connectivity index (χ0n) is 12.0. The van der Waals surface area contributed by atoms with Crippen molar-refractivity contribution in [1.82, 2.24) is 4.90 Å². The molecular formula is C15H20N2O4. The first-order valence-corrected chi connectivity index (χ1v) is 7.04. The Morgan fingerprint density at radius 1 is 1.29 bits per heavy atom.